The molecule has 6 heteroatoms. The topological polar surface area (TPSA) is 83.8 Å². The molecule has 0 fully saturated rings. The van der Waals surface area contributed by atoms with Gasteiger partial charge in [0.2, 0.25) is 5.78 Å². The zero-order valence-electron chi connectivity index (χ0n) is 12.1. The minimum atomic E-state index is -1.23. The van der Waals surface area contributed by atoms with Crippen LogP contribution in [0.4, 0.5) is 0 Å². The van der Waals surface area contributed by atoms with Crippen molar-refractivity contribution in [2.24, 2.45) is 4.99 Å². The van der Waals surface area contributed by atoms with Gasteiger partial charge >= 0.3 is 5.97 Å². The molecule has 2 rings (SSSR count). The van der Waals surface area contributed by atoms with Gasteiger partial charge in [-0.3, -0.25) is 14.6 Å². The van der Waals surface area contributed by atoms with E-state index >= 15 is 0 Å². The molecule has 0 spiro atoms. The molecule has 1 aliphatic rings. The van der Waals surface area contributed by atoms with Crippen molar-refractivity contribution in [2.75, 3.05) is 0 Å². The standard InChI is InChI=1S/C16H16ClNO4/c1-2-3-8-11(16(21)22)18-13-12(17)14(19)9-6-4-5-7-10(9)15(13)20/h4-7,11-12H,2-3,8H2,1H3,(H,21,22)/t11-,12?/m1/s1. The summed E-state index contributed by atoms with van der Waals surface area (Å²) in [6, 6.07) is 5.29. The molecule has 22 heavy (non-hydrogen) atoms. The average Bonchev–Trinajstić information content (AvgIpc) is 2.52. The van der Waals surface area contributed by atoms with Gasteiger partial charge in [0.25, 0.3) is 0 Å². The second-order valence-corrected chi connectivity index (χ2v) is 5.55. The van der Waals surface area contributed by atoms with Gasteiger partial charge in [-0.05, 0) is 6.42 Å². The van der Waals surface area contributed by atoms with E-state index in [0.717, 1.165) is 6.42 Å². The number of ketones is 2. The Morgan fingerprint density at radius 2 is 1.95 bits per heavy atom. The molecule has 116 valence electrons. The van der Waals surface area contributed by atoms with E-state index in [-0.39, 0.29) is 16.8 Å². The Morgan fingerprint density at radius 1 is 1.32 bits per heavy atom. The Bertz CT molecular complexity index is 653. The van der Waals surface area contributed by atoms with Crippen LogP contribution >= 0.6 is 11.6 Å². The van der Waals surface area contributed by atoms with Crippen molar-refractivity contribution >= 4 is 34.8 Å². The summed E-state index contributed by atoms with van der Waals surface area (Å²) in [4.78, 5) is 39.9. The zero-order chi connectivity index (χ0) is 16.3. The van der Waals surface area contributed by atoms with Gasteiger partial charge in [0.1, 0.15) is 17.1 Å². The first-order valence-electron chi connectivity index (χ1n) is 7.09. The van der Waals surface area contributed by atoms with Gasteiger partial charge in [0.05, 0.1) is 0 Å². The van der Waals surface area contributed by atoms with Crippen LogP contribution in [0.5, 0.6) is 0 Å². The Balaban J connectivity index is 2.42. The van der Waals surface area contributed by atoms with Crippen LogP contribution in [0, 0.1) is 0 Å². The van der Waals surface area contributed by atoms with Gasteiger partial charge in [-0.15, -0.1) is 11.6 Å². The van der Waals surface area contributed by atoms with E-state index in [1.807, 2.05) is 6.92 Å². The summed E-state index contributed by atoms with van der Waals surface area (Å²) in [5.41, 5.74) is 0.309. The Morgan fingerprint density at radius 3 is 2.55 bits per heavy atom. The lowest BCUT2D eigenvalue weighted by Gasteiger charge is -2.21. The summed E-state index contributed by atoms with van der Waals surface area (Å²) < 4.78 is 0. The number of rotatable bonds is 5. The molecule has 0 heterocycles. The number of alkyl halides is 1. The predicted octanol–water partition coefficient (Wildman–Crippen LogP) is 2.76. The highest BCUT2D eigenvalue weighted by molar-refractivity contribution is 6.64. The van der Waals surface area contributed by atoms with Crippen molar-refractivity contribution < 1.29 is 19.5 Å². The molecule has 1 N–H and O–H groups in total. The van der Waals surface area contributed by atoms with E-state index in [9.17, 15) is 19.5 Å². The number of Topliss-reactive ketones (excluding diaryl/α,β-unsaturated/α-hetero) is 2. The van der Waals surface area contributed by atoms with Crippen LogP contribution in [0.2, 0.25) is 0 Å². The van der Waals surface area contributed by atoms with Crippen LogP contribution in [0.15, 0.2) is 29.3 Å². The van der Waals surface area contributed by atoms with Crippen molar-refractivity contribution in [3.63, 3.8) is 0 Å². The van der Waals surface area contributed by atoms with Gasteiger partial charge in [-0.2, -0.15) is 0 Å². The molecular formula is C16H16ClNO4. The predicted molar refractivity (Wildman–Crippen MR) is 83.1 cm³/mol. The minimum absolute atomic E-state index is 0.172. The number of unbranched alkanes of at least 4 members (excludes halogenated alkanes) is 1. The lowest BCUT2D eigenvalue weighted by atomic mass is 9.87. The van der Waals surface area contributed by atoms with Crippen LogP contribution in [-0.2, 0) is 4.79 Å². The number of carboxylic acids is 1. The van der Waals surface area contributed by atoms with E-state index in [1.165, 1.54) is 12.1 Å². The number of aliphatic carboxylic acids is 1. The third-order valence-corrected chi connectivity index (χ3v) is 3.96. The second-order valence-electron chi connectivity index (χ2n) is 5.11. The number of fused-ring (bicyclic) bond motifs is 1. The molecule has 1 aromatic rings. The molecule has 2 atom stereocenters. The van der Waals surface area contributed by atoms with Crippen molar-refractivity contribution in [2.45, 2.75) is 37.6 Å². The maximum atomic E-state index is 12.4. The monoisotopic (exact) mass is 321 g/mol. The molecule has 0 radical (unpaired) electrons. The fourth-order valence-electron chi connectivity index (χ4n) is 2.34. The zero-order valence-corrected chi connectivity index (χ0v) is 12.8. The number of carbonyl (C=O) groups is 3. The molecule has 5 nitrogen and oxygen atoms in total. The van der Waals surface area contributed by atoms with Crippen LogP contribution in [0.3, 0.4) is 0 Å². The van der Waals surface area contributed by atoms with E-state index in [0.29, 0.717) is 12.8 Å². The summed E-state index contributed by atoms with van der Waals surface area (Å²) in [6.07, 6.45) is 1.79. The van der Waals surface area contributed by atoms with E-state index in [1.54, 1.807) is 12.1 Å². The average molecular weight is 322 g/mol. The largest absolute Gasteiger partial charge is 0.480 e. The quantitative estimate of drug-likeness (QED) is 0.845. The first-order chi connectivity index (χ1) is 10.5. The first kappa shape index (κ1) is 16.4. The van der Waals surface area contributed by atoms with E-state index in [4.69, 9.17) is 11.6 Å². The number of hydrogen-bond acceptors (Lipinski definition) is 4. The summed E-state index contributed by atoms with van der Waals surface area (Å²) >= 11 is 6.04. The SMILES string of the molecule is CCCC[C@@H](N=C1C(=O)c2ccccc2C(=O)C1Cl)C(=O)O. The molecule has 0 aliphatic heterocycles. The van der Waals surface area contributed by atoms with Gasteiger partial charge in [-0.1, -0.05) is 44.0 Å². The summed E-state index contributed by atoms with van der Waals surface area (Å²) in [5, 5.41) is 7.99. The van der Waals surface area contributed by atoms with Crippen LogP contribution in [-0.4, -0.2) is 39.8 Å². The molecule has 0 saturated heterocycles. The number of nitrogens with zero attached hydrogens (tertiary/aromatic N) is 1. The normalized spacial score (nSPS) is 20.8. The third kappa shape index (κ3) is 3.09. The molecule has 1 aliphatic carbocycles. The van der Waals surface area contributed by atoms with Gasteiger partial charge < -0.3 is 5.11 Å². The highest BCUT2D eigenvalue weighted by Gasteiger charge is 2.37. The molecular weight excluding hydrogens is 306 g/mol. The number of carboxylic acid groups (broad SMARTS) is 1. The van der Waals surface area contributed by atoms with Crippen LogP contribution < -0.4 is 0 Å². The summed E-state index contributed by atoms with van der Waals surface area (Å²) in [7, 11) is 0. The Hall–Kier alpha value is -2.01. The fourth-order valence-corrected chi connectivity index (χ4v) is 2.62. The number of hydrogen-bond donors (Lipinski definition) is 1. The maximum absolute atomic E-state index is 12.4. The molecule has 1 unspecified atom stereocenters. The Labute approximate surface area is 133 Å². The number of halogens is 1. The summed E-state index contributed by atoms with van der Waals surface area (Å²) in [5.74, 6) is -2.02. The molecule has 0 aromatic heterocycles. The van der Waals surface area contributed by atoms with E-state index < -0.39 is 29.0 Å². The molecule has 1 aromatic carbocycles. The van der Waals surface area contributed by atoms with Crippen LogP contribution in [0.25, 0.3) is 0 Å². The molecule has 0 bridgehead atoms. The maximum Gasteiger partial charge on any atom is 0.328 e. The smallest absolute Gasteiger partial charge is 0.328 e. The number of benzene rings is 1. The molecule has 0 saturated carbocycles. The van der Waals surface area contributed by atoms with Gasteiger partial charge in [0.15, 0.2) is 5.78 Å². The lowest BCUT2D eigenvalue weighted by Crippen LogP contribution is -2.39. The van der Waals surface area contributed by atoms with Gasteiger partial charge in [0, 0.05) is 11.1 Å². The van der Waals surface area contributed by atoms with Crippen molar-refractivity contribution in [1.82, 2.24) is 0 Å². The highest BCUT2D eigenvalue weighted by Crippen LogP contribution is 2.24. The lowest BCUT2D eigenvalue weighted by molar-refractivity contribution is -0.138. The van der Waals surface area contributed by atoms with Crippen LogP contribution in [0.1, 0.15) is 46.9 Å². The van der Waals surface area contributed by atoms with Crippen molar-refractivity contribution in [3.8, 4) is 0 Å². The summed E-state index contributed by atoms with van der Waals surface area (Å²) in [6.45, 7) is 1.93. The van der Waals surface area contributed by atoms with Gasteiger partial charge in [-0.25, -0.2) is 4.79 Å². The fraction of sp³-hybridized carbons (Fsp3) is 0.375. The highest BCUT2D eigenvalue weighted by atomic mass is 35.5. The minimum Gasteiger partial charge on any atom is -0.480 e. The second kappa shape index (κ2) is 6.83. The third-order valence-electron chi connectivity index (χ3n) is 3.55. The van der Waals surface area contributed by atoms with E-state index in [2.05, 4.69) is 4.99 Å². The number of aliphatic imine (C=N–C) groups is 1. The first-order valence-corrected chi connectivity index (χ1v) is 7.53. The van der Waals surface area contributed by atoms with Crippen molar-refractivity contribution in [3.05, 3.63) is 35.4 Å². The Kier molecular flexibility index (Phi) is 5.08. The molecule has 0 amide bonds. The van der Waals surface area contributed by atoms with Crippen molar-refractivity contribution in [1.29, 1.82) is 0 Å². The number of carbonyl (C=O) groups excluding carboxylic acids is 2.